The van der Waals surface area contributed by atoms with Crippen molar-refractivity contribution in [3.8, 4) is 11.5 Å². The summed E-state index contributed by atoms with van der Waals surface area (Å²) in [5.74, 6) is 1.06. The van der Waals surface area contributed by atoms with E-state index in [4.69, 9.17) is 9.47 Å². The molecule has 2 aromatic carbocycles. The second-order valence-corrected chi connectivity index (χ2v) is 8.23. The van der Waals surface area contributed by atoms with Gasteiger partial charge in [-0.25, -0.2) is 4.99 Å². The van der Waals surface area contributed by atoms with Crippen molar-refractivity contribution in [1.82, 2.24) is 5.32 Å². The van der Waals surface area contributed by atoms with Crippen molar-refractivity contribution in [1.29, 1.82) is 0 Å². The van der Waals surface area contributed by atoms with Crippen LogP contribution in [0.3, 0.4) is 0 Å². The number of aliphatic imine (C=N–C) groups is 1. The molecule has 8 heteroatoms. The van der Waals surface area contributed by atoms with E-state index in [0.717, 1.165) is 20.2 Å². The van der Waals surface area contributed by atoms with Gasteiger partial charge in [-0.1, -0.05) is 15.9 Å². The number of methoxy groups -OCH3 is 1. The number of nitrogens with one attached hydrogen (secondary N) is 1. The third kappa shape index (κ3) is 4.94. The van der Waals surface area contributed by atoms with E-state index in [1.54, 1.807) is 13.2 Å². The molecular weight excluding hydrogens is 496 g/mol. The Balaban J connectivity index is 1.87. The van der Waals surface area contributed by atoms with Gasteiger partial charge in [0.1, 0.15) is 0 Å². The SMILES string of the molecule is CCOc1cc(/C=C2\SC(=Nc3ccc(Br)cc3)NC2=O)cc(Br)c1OC. The maximum Gasteiger partial charge on any atom is 0.264 e. The zero-order valence-electron chi connectivity index (χ0n) is 14.6. The van der Waals surface area contributed by atoms with Gasteiger partial charge >= 0.3 is 0 Å². The predicted molar refractivity (Wildman–Crippen MR) is 117 cm³/mol. The van der Waals surface area contributed by atoms with Gasteiger partial charge in [0.2, 0.25) is 0 Å². The number of amides is 1. The second kappa shape index (κ2) is 8.95. The number of benzene rings is 2. The molecule has 0 saturated carbocycles. The van der Waals surface area contributed by atoms with Gasteiger partial charge in [-0.3, -0.25) is 4.79 Å². The third-order valence-electron chi connectivity index (χ3n) is 3.54. The third-order valence-corrected chi connectivity index (χ3v) is 5.57. The fourth-order valence-corrected chi connectivity index (χ4v) is 4.12. The van der Waals surface area contributed by atoms with E-state index >= 15 is 0 Å². The van der Waals surface area contributed by atoms with Gasteiger partial charge < -0.3 is 14.8 Å². The van der Waals surface area contributed by atoms with E-state index in [0.29, 0.717) is 28.2 Å². The molecule has 1 saturated heterocycles. The number of ether oxygens (including phenoxy) is 2. The molecular formula is C19H16Br2N2O3S. The highest BCUT2D eigenvalue weighted by Crippen LogP contribution is 2.38. The van der Waals surface area contributed by atoms with Crippen LogP contribution in [0, 0.1) is 0 Å². The average molecular weight is 512 g/mol. The molecule has 1 N–H and O–H groups in total. The Hall–Kier alpha value is -1.77. The van der Waals surface area contributed by atoms with Crippen LogP contribution >= 0.6 is 43.6 Å². The van der Waals surface area contributed by atoms with Gasteiger partial charge in [-0.05, 0) is 82.7 Å². The van der Waals surface area contributed by atoms with Crippen LogP contribution in [0.4, 0.5) is 5.69 Å². The molecule has 140 valence electrons. The number of hydrogen-bond acceptors (Lipinski definition) is 5. The van der Waals surface area contributed by atoms with Crippen LogP contribution in [0.5, 0.6) is 11.5 Å². The zero-order chi connectivity index (χ0) is 19.4. The van der Waals surface area contributed by atoms with Crippen LogP contribution in [0.2, 0.25) is 0 Å². The monoisotopic (exact) mass is 510 g/mol. The first-order chi connectivity index (χ1) is 13.0. The quantitative estimate of drug-likeness (QED) is 0.537. The molecule has 0 aliphatic carbocycles. The number of amidine groups is 1. The van der Waals surface area contributed by atoms with E-state index in [9.17, 15) is 4.79 Å². The van der Waals surface area contributed by atoms with Crippen LogP contribution in [-0.4, -0.2) is 24.8 Å². The number of halogens is 2. The summed E-state index contributed by atoms with van der Waals surface area (Å²) in [5.41, 5.74) is 1.60. The van der Waals surface area contributed by atoms with Gasteiger partial charge in [0, 0.05) is 4.47 Å². The number of carbonyl (C=O) groups excluding carboxylic acids is 1. The van der Waals surface area contributed by atoms with Gasteiger partial charge in [0.25, 0.3) is 5.91 Å². The highest BCUT2D eigenvalue weighted by atomic mass is 79.9. The highest BCUT2D eigenvalue weighted by molar-refractivity contribution is 9.10. The fourth-order valence-electron chi connectivity index (χ4n) is 2.40. The first kappa shape index (κ1) is 20.0. The summed E-state index contributed by atoms with van der Waals surface area (Å²) in [5, 5.41) is 3.34. The molecule has 0 spiro atoms. The molecule has 0 radical (unpaired) electrons. The number of carbonyl (C=O) groups is 1. The Morgan fingerprint density at radius 3 is 2.63 bits per heavy atom. The topological polar surface area (TPSA) is 59.9 Å². The van der Waals surface area contributed by atoms with Crippen molar-refractivity contribution in [3.05, 3.63) is 55.8 Å². The Kier molecular flexibility index (Phi) is 6.62. The van der Waals surface area contributed by atoms with Crippen molar-refractivity contribution in [2.24, 2.45) is 4.99 Å². The molecule has 1 aliphatic rings. The second-order valence-electron chi connectivity index (χ2n) is 5.43. The van der Waals surface area contributed by atoms with Crippen LogP contribution in [-0.2, 0) is 4.79 Å². The van der Waals surface area contributed by atoms with Crippen molar-refractivity contribution in [2.45, 2.75) is 6.92 Å². The Labute approximate surface area is 178 Å². The Morgan fingerprint density at radius 1 is 1.22 bits per heavy atom. The molecule has 2 aromatic rings. The Bertz CT molecular complexity index is 927. The summed E-state index contributed by atoms with van der Waals surface area (Å²) in [6.45, 7) is 2.42. The minimum Gasteiger partial charge on any atom is -0.492 e. The molecule has 3 rings (SSSR count). The van der Waals surface area contributed by atoms with Gasteiger partial charge in [-0.15, -0.1) is 0 Å². The summed E-state index contributed by atoms with van der Waals surface area (Å²) < 4.78 is 12.7. The van der Waals surface area contributed by atoms with E-state index in [2.05, 4.69) is 42.2 Å². The number of nitrogens with zero attached hydrogens (tertiary/aromatic N) is 1. The van der Waals surface area contributed by atoms with Crippen LogP contribution < -0.4 is 14.8 Å². The molecule has 0 aromatic heterocycles. The van der Waals surface area contributed by atoms with Crippen LogP contribution in [0.15, 0.2) is 55.2 Å². The summed E-state index contributed by atoms with van der Waals surface area (Å²) >= 11 is 8.18. The standard InChI is InChI=1S/C19H16Br2N2O3S/c1-3-26-15-9-11(8-14(21)17(15)25-2)10-16-18(24)23-19(27-16)22-13-6-4-12(20)5-7-13/h4-10H,3H2,1-2H3,(H,22,23,24)/b16-10-. The van der Waals surface area contributed by atoms with Crippen molar-refractivity contribution < 1.29 is 14.3 Å². The lowest BCUT2D eigenvalue weighted by Gasteiger charge is -2.12. The molecule has 1 amide bonds. The normalized spacial score (nSPS) is 16.7. The minimum absolute atomic E-state index is 0.180. The molecule has 1 fully saturated rings. The van der Waals surface area contributed by atoms with Crippen LogP contribution in [0.1, 0.15) is 12.5 Å². The highest BCUT2D eigenvalue weighted by Gasteiger charge is 2.24. The molecule has 0 atom stereocenters. The molecule has 27 heavy (non-hydrogen) atoms. The maximum absolute atomic E-state index is 12.3. The summed E-state index contributed by atoms with van der Waals surface area (Å²) in [6.07, 6.45) is 1.80. The summed E-state index contributed by atoms with van der Waals surface area (Å²) in [6, 6.07) is 11.3. The summed E-state index contributed by atoms with van der Waals surface area (Å²) in [7, 11) is 1.59. The summed E-state index contributed by atoms with van der Waals surface area (Å²) in [4.78, 5) is 17.3. The molecule has 1 heterocycles. The first-order valence-electron chi connectivity index (χ1n) is 8.05. The maximum atomic E-state index is 12.3. The van der Waals surface area contributed by atoms with E-state index in [-0.39, 0.29) is 5.91 Å². The fraction of sp³-hybridized carbons (Fsp3) is 0.158. The van der Waals surface area contributed by atoms with Gasteiger partial charge in [0.05, 0.1) is 28.8 Å². The number of rotatable bonds is 5. The number of hydrogen-bond donors (Lipinski definition) is 1. The number of thioether (sulfide) groups is 1. The van der Waals surface area contributed by atoms with E-state index in [1.165, 1.54) is 11.8 Å². The minimum atomic E-state index is -0.180. The Morgan fingerprint density at radius 2 is 1.96 bits per heavy atom. The van der Waals surface area contributed by atoms with Crippen molar-refractivity contribution in [2.75, 3.05) is 13.7 Å². The lowest BCUT2D eigenvalue weighted by atomic mass is 10.2. The first-order valence-corrected chi connectivity index (χ1v) is 10.5. The average Bonchev–Trinajstić information content (AvgIpc) is 2.96. The lowest BCUT2D eigenvalue weighted by Crippen LogP contribution is -2.19. The largest absolute Gasteiger partial charge is 0.492 e. The van der Waals surface area contributed by atoms with E-state index in [1.807, 2.05) is 43.3 Å². The zero-order valence-corrected chi connectivity index (χ0v) is 18.6. The molecule has 1 aliphatic heterocycles. The molecule has 5 nitrogen and oxygen atoms in total. The van der Waals surface area contributed by atoms with Gasteiger partial charge in [-0.2, -0.15) is 0 Å². The predicted octanol–water partition coefficient (Wildman–Crippen LogP) is 5.51. The van der Waals surface area contributed by atoms with E-state index < -0.39 is 0 Å². The molecule has 0 bridgehead atoms. The van der Waals surface area contributed by atoms with Crippen molar-refractivity contribution >= 4 is 66.5 Å². The lowest BCUT2D eigenvalue weighted by molar-refractivity contribution is -0.115. The van der Waals surface area contributed by atoms with Gasteiger partial charge in [0.15, 0.2) is 16.7 Å². The van der Waals surface area contributed by atoms with Crippen molar-refractivity contribution in [3.63, 3.8) is 0 Å². The smallest absolute Gasteiger partial charge is 0.264 e. The van der Waals surface area contributed by atoms with Crippen LogP contribution in [0.25, 0.3) is 6.08 Å². The molecule has 0 unspecified atom stereocenters.